The van der Waals surface area contributed by atoms with Gasteiger partial charge in [0.15, 0.2) is 0 Å². The Morgan fingerprint density at radius 3 is 2.26 bits per heavy atom. The zero-order valence-corrected chi connectivity index (χ0v) is 18.8. The molecule has 0 aliphatic heterocycles. The van der Waals surface area contributed by atoms with E-state index in [9.17, 15) is 8.42 Å². The summed E-state index contributed by atoms with van der Waals surface area (Å²) in [4.78, 5) is 9.00. The molecule has 0 radical (unpaired) electrons. The molecule has 0 bridgehead atoms. The standard InChI is InChI=1S/C23H27N5O2S/c1-15-10-16(2)12-20(11-15)27-23-24-13-17(3)22(28-23)26-19-6-4-18(5-7-19)14-25-31(29,30)21-8-9-21/h4-7,10-13,21,25H,8-9,14H2,1-3H3,(H2,24,26,27,28). The molecule has 0 spiro atoms. The molecule has 0 saturated heterocycles. The predicted octanol–water partition coefficient (Wildman–Crippen LogP) is 4.47. The second-order valence-electron chi connectivity index (χ2n) is 8.11. The summed E-state index contributed by atoms with van der Waals surface area (Å²) in [6.45, 7) is 6.36. The van der Waals surface area contributed by atoms with E-state index in [1.165, 1.54) is 11.1 Å². The third-order valence-electron chi connectivity index (χ3n) is 5.11. The van der Waals surface area contributed by atoms with Gasteiger partial charge in [0.25, 0.3) is 0 Å². The molecule has 31 heavy (non-hydrogen) atoms. The Labute approximate surface area is 183 Å². The third-order valence-corrected chi connectivity index (χ3v) is 7.00. The quantitative estimate of drug-likeness (QED) is 0.481. The van der Waals surface area contributed by atoms with Crippen molar-refractivity contribution in [2.75, 3.05) is 10.6 Å². The summed E-state index contributed by atoms with van der Waals surface area (Å²) in [5.74, 6) is 1.23. The number of sulfonamides is 1. The van der Waals surface area contributed by atoms with E-state index in [1.807, 2.05) is 31.2 Å². The lowest BCUT2D eigenvalue weighted by Gasteiger charge is -2.12. The van der Waals surface area contributed by atoms with Crippen LogP contribution in [0.4, 0.5) is 23.1 Å². The van der Waals surface area contributed by atoms with E-state index < -0.39 is 10.0 Å². The second kappa shape index (κ2) is 8.64. The lowest BCUT2D eigenvalue weighted by molar-refractivity contribution is 0.580. The number of hydrogen-bond acceptors (Lipinski definition) is 6. The van der Waals surface area contributed by atoms with Crippen LogP contribution in [0.15, 0.2) is 48.7 Å². The normalized spacial score (nSPS) is 13.8. The molecule has 0 unspecified atom stereocenters. The minimum absolute atomic E-state index is 0.208. The molecule has 3 aromatic rings. The molecule has 4 rings (SSSR count). The minimum atomic E-state index is -3.18. The van der Waals surface area contributed by atoms with Gasteiger partial charge in [0.2, 0.25) is 16.0 Å². The molecule has 162 valence electrons. The van der Waals surface area contributed by atoms with Crippen molar-refractivity contribution in [2.24, 2.45) is 0 Å². The van der Waals surface area contributed by atoms with E-state index in [0.717, 1.165) is 35.3 Å². The number of hydrogen-bond donors (Lipinski definition) is 3. The van der Waals surface area contributed by atoms with E-state index >= 15 is 0 Å². The van der Waals surface area contributed by atoms with Crippen molar-refractivity contribution in [2.45, 2.75) is 45.4 Å². The number of nitrogens with zero attached hydrogens (tertiary/aromatic N) is 2. The van der Waals surface area contributed by atoms with Crippen molar-refractivity contribution in [1.29, 1.82) is 0 Å². The molecule has 8 heteroatoms. The highest BCUT2D eigenvalue weighted by Crippen LogP contribution is 2.27. The first-order valence-corrected chi connectivity index (χ1v) is 11.9. The van der Waals surface area contributed by atoms with E-state index in [4.69, 9.17) is 0 Å². The van der Waals surface area contributed by atoms with Gasteiger partial charge in [0, 0.05) is 29.7 Å². The van der Waals surface area contributed by atoms with Crippen LogP contribution >= 0.6 is 0 Å². The molecular formula is C23H27N5O2S. The van der Waals surface area contributed by atoms with Gasteiger partial charge in [-0.05, 0) is 74.6 Å². The highest BCUT2D eigenvalue weighted by molar-refractivity contribution is 7.90. The van der Waals surface area contributed by atoms with Gasteiger partial charge in [-0.2, -0.15) is 4.98 Å². The Balaban J connectivity index is 1.43. The molecule has 1 aliphatic carbocycles. The molecule has 1 saturated carbocycles. The number of aryl methyl sites for hydroxylation is 3. The fourth-order valence-corrected chi connectivity index (χ4v) is 4.69. The van der Waals surface area contributed by atoms with Crippen LogP contribution in [-0.2, 0) is 16.6 Å². The number of nitrogens with one attached hydrogen (secondary N) is 3. The van der Waals surface area contributed by atoms with Crippen LogP contribution in [-0.4, -0.2) is 23.6 Å². The van der Waals surface area contributed by atoms with Gasteiger partial charge in [0.1, 0.15) is 5.82 Å². The smallest absolute Gasteiger partial charge is 0.229 e. The Bertz CT molecular complexity index is 1170. The Hall–Kier alpha value is -2.97. The first-order chi connectivity index (χ1) is 14.8. The van der Waals surface area contributed by atoms with E-state index in [1.54, 1.807) is 6.20 Å². The summed E-state index contributed by atoms with van der Waals surface area (Å²) in [6.07, 6.45) is 3.30. The van der Waals surface area contributed by atoms with Crippen molar-refractivity contribution < 1.29 is 8.42 Å². The van der Waals surface area contributed by atoms with Crippen molar-refractivity contribution in [3.05, 3.63) is 70.9 Å². The van der Waals surface area contributed by atoms with Crippen LogP contribution in [0.2, 0.25) is 0 Å². The lowest BCUT2D eigenvalue weighted by atomic mass is 10.1. The summed E-state index contributed by atoms with van der Waals surface area (Å²) in [5, 5.41) is 6.38. The van der Waals surface area contributed by atoms with Crippen LogP contribution in [0.1, 0.15) is 35.1 Å². The van der Waals surface area contributed by atoms with Crippen LogP contribution < -0.4 is 15.4 Å². The number of rotatable bonds is 8. The van der Waals surface area contributed by atoms with Crippen molar-refractivity contribution in [3.63, 3.8) is 0 Å². The Morgan fingerprint density at radius 2 is 1.61 bits per heavy atom. The summed E-state index contributed by atoms with van der Waals surface area (Å²) in [6, 6.07) is 13.9. The fourth-order valence-electron chi connectivity index (χ4n) is 3.33. The van der Waals surface area contributed by atoms with Crippen LogP contribution in [0.5, 0.6) is 0 Å². The maximum atomic E-state index is 12.0. The number of anilines is 4. The van der Waals surface area contributed by atoms with Crippen LogP contribution in [0, 0.1) is 20.8 Å². The lowest BCUT2D eigenvalue weighted by Crippen LogP contribution is -2.26. The summed E-state index contributed by atoms with van der Waals surface area (Å²) in [5.41, 5.74) is 6.00. The minimum Gasteiger partial charge on any atom is -0.340 e. The summed E-state index contributed by atoms with van der Waals surface area (Å²) < 4.78 is 26.6. The van der Waals surface area contributed by atoms with Crippen LogP contribution in [0.25, 0.3) is 0 Å². The van der Waals surface area contributed by atoms with Crippen LogP contribution in [0.3, 0.4) is 0 Å². The summed E-state index contributed by atoms with van der Waals surface area (Å²) >= 11 is 0. The molecule has 0 amide bonds. The SMILES string of the molecule is Cc1cc(C)cc(Nc2ncc(C)c(Nc3ccc(CNS(=O)(=O)C4CC4)cc3)n2)c1. The van der Waals surface area contributed by atoms with Gasteiger partial charge in [-0.15, -0.1) is 0 Å². The molecular weight excluding hydrogens is 410 g/mol. The maximum Gasteiger partial charge on any atom is 0.229 e. The molecule has 3 N–H and O–H groups in total. The van der Waals surface area contributed by atoms with Gasteiger partial charge >= 0.3 is 0 Å². The molecule has 1 fully saturated rings. The first kappa shape index (κ1) is 21.3. The van der Waals surface area contributed by atoms with Gasteiger partial charge in [0.05, 0.1) is 5.25 Å². The van der Waals surface area contributed by atoms with Crippen molar-refractivity contribution in [1.82, 2.24) is 14.7 Å². The van der Waals surface area contributed by atoms with Crippen molar-refractivity contribution in [3.8, 4) is 0 Å². The molecule has 1 aromatic heterocycles. The average molecular weight is 438 g/mol. The Kier molecular flexibility index (Phi) is 5.93. The topological polar surface area (TPSA) is 96.0 Å². The van der Waals surface area contributed by atoms with E-state index in [-0.39, 0.29) is 5.25 Å². The molecule has 0 atom stereocenters. The summed E-state index contributed by atoms with van der Waals surface area (Å²) in [7, 11) is -3.18. The second-order valence-corrected chi connectivity index (χ2v) is 10.2. The molecule has 7 nitrogen and oxygen atoms in total. The zero-order valence-electron chi connectivity index (χ0n) is 17.9. The fraction of sp³-hybridized carbons (Fsp3) is 0.304. The van der Waals surface area contributed by atoms with Crippen molar-refractivity contribution >= 4 is 33.2 Å². The van der Waals surface area contributed by atoms with Gasteiger partial charge < -0.3 is 10.6 Å². The average Bonchev–Trinajstić information content (AvgIpc) is 3.55. The van der Waals surface area contributed by atoms with Gasteiger partial charge in [-0.3, -0.25) is 0 Å². The largest absolute Gasteiger partial charge is 0.340 e. The number of aromatic nitrogens is 2. The highest BCUT2D eigenvalue weighted by Gasteiger charge is 2.35. The Morgan fingerprint density at radius 1 is 0.935 bits per heavy atom. The van der Waals surface area contributed by atoms with E-state index in [2.05, 4.69) is 57.4 Å². The third kappa shape index (κ3) is 5.59. The monoisotopic (exact) mass is 437 g/mol. The first-order valence-electron chi connectivity index (χ1n) is 10.3. The zero-order chi connectivity index (χ0) is 22.0. The number of benzene rings is 2. The van der Waals surface area contributed by atoms with Gasteiger partial charge in [-0.1, -0.05) is 18.2 Å². The molecule has 1 aliphatic rings. The molecule has 1 heterocycles. The van der Waals surface area contributed by atoms with E-state index in [0.29, 0.717) is 18.3 Å². The predicted molar refractivity (Wildman–Crippen MR) is 124 cm³/mol. The maximum absolute atomic E-state index is 12.0. The highest BCUT2D eigenvalue weighted by atomic mass is 32.2. The molecule has 2 aromatic carbocycles. The van der Waals surface area contributed by atoms with Gasteiger partial charge in [-0.25, -0.2) is 18.1 Å².